The van der Waals surface area contributed by atoms with Crippen molar-refractivity contribution < 1.29 is 14.3 Å². The van der Waals surface area contributed by atoms with Gasteiger partial charge in [-0.05, 0) is 23.5 Å². The standard InChI is InChI=1S/C20H24ClNO3/c1-13(2)15-8-5-14(6-9-15)7-10-20(23)22-17-12-18(24-3)16(21)11-19(17)25-4/h5-6,8-9,11-13H,7,10H2,1-4H3,(H,22,23). The molecule has 1 N–H and O–H groups in total. The first kappa shape index (κ1) is 19.1. The van der Waals surface area contributed by atoms with Crippen molar-refractivity contribution in [2.24, 2.45) is 0 Å². The first-order valence-corrected chi connectivity index (χ1v) is 8.62. The largest absolute Gasteiger partial charge is 0.495 e. The second kappa shape index (κ2) is 8.77. The summed E-state index contributed by atoms with van der Waals surface area (Å²) in [4.78, 5) is 12.3. The van der Waals surface area contributed by atoms with E-state index >= 15 is 0 Å². The summed E-state index contributed by atoms with van der Waals surface area (Å²) in [5.41, 5.74) is 2.98. The number of benzene rings is 2. The molecule has 0 unspecified atom stereocenters. The van der Waals surface area contributed by atoms with Gasteiger partial charge in [0.2, 0.25) is 5.91 Å². The third-order valence-corrected chi connectivity index (χ3v) is 4.33. The molecule has 4 nitrogen and oxygen atoms in total. The van der Waals surface area contributed by atoms with E-state index in [9.17, 15) is 4.79 Å². The van der Waals surface area contributed by atoms with Gasteiger partial charge in [-0.3, -0.25) is 4.79 Å². The SMILES string of the molecule is COc1cc(NC(=O)CCc2ccc(C(C)C)cc2)c(OC)cc1Cl. The van der Waals surface area contributed by atoms with Crippen LogP contribution >= 0.6 is 11.6 Å². The third-order valence-electron chi connectivity index (χ3n) is 4.04. The van der Waals surface area contributed by atoms with Crippen molar-refractivity contribution in [1.82, 2.24) is 0 Å². The summed E-state index contributed by atoms with van der Waals surface area (Å²) in [5, 5.41) is 3.29. The average Bonchev–Trinajstić information content (AvgIpc) is 2.61. The lowest BCUT2D eigenvalue weighted by Gasteiger charge is -2.13. The highest BCUT2D eigenvalue weighted by Gasteiger charge is 2.12. The van der Waals surface area contributed by atoms with Gasteiger partial charge in [0, 0.05) is 18.6 Å². The van der Waals surface area contributed by atoms with E-state index in [1.807, 2.05) is 0 Å². The Hall–Kier alpha value is -2.20. The Kier molecular flexibility index (Phi) is 6.71. The minimum Gasteiger partial charge on any atom is -0.495 e. The number of anilines is 1. The molecule has 0 atom stereocenters. The first-order chi connectivity index (χ1) is 11.9. The van der Waals surface area contributed by atoms with E-state index in [1.165, 1.54) is 19.8 Å². The summed E-state index contributed by atoms with van der Waals surface area (Å²) < 4.78 is 10.5. The Morgan fingerprint density at radius 3 is 2.28 bits per heavy atom. The zero-order valence-electron chi connectivity index (χ0n) is 15.1. The highest BCUT2D eigenvalue weighted by Crippen LogP contribution is 2.35. The zero-order valence-corrected chi connectivity index (χ0v) is 15.8. The molecule has 0 radical (unpaired) electrons. The molecular formula is C20H24ClNO3. The Morgan fingerprint density at radius 1 is 1.08 bits per heavy atom. The predicted molar refractivity (Wildman–Crippen MR) is 102 cm³/mol. The van der Waals surface area contributed by atoms with Crippen molar-refractivity contribution >= 4 is 23.2 Å². The predicted octanol–water partition coefficient (Wildman–Crippen LogP) is 5.05. The van der Waals surface area contributed by atoms with Gasteiger partial charge in [-0.2, -0.15) is 0 Å². The lowest BCUT2D eigenvalue weighted by Crippen LogP contribution is -2.13. The number of rotatable bonds is 7. The number of hydrogen-bond donors (Lipinski definition) is 1. The van der Waals surface area contributed by atoms with Gasteiger partial charge >= 0.3 is 0 Å². The van der Waals surface area contributed by atoms with Gasteiger partial charge < -0.3 is 14.8 Å². The summed E-state index contributed by atoms with van der Waals surface area (Å²) >= 11 is 6.08. The number of nitrogens with one attached hydrogen (secondary N) is 1. The van der Waals surface area contributed by atoms with Gasteiger partial charge in [-0.25, -0.2) is 0 Å². The van der Waals surface area contributed by atoms with Crippen LogP contribution in [0.5, 0.6) is 11.5 Å². The first-order valence-electron chi connectivity index (χ1n) is 8.24. The van der Waals surface area contributed by atoms with Crippen molar-refractivity contribution in [3.05, 3.63) is 52.5 Å². The van der Waals surface area contributed by atoms with Gasteiger partial charge in [0.05, 0.1) is 24.9 Å². The number of ether oxygens (including phenoxy) is 2. The van der Waals surface area contributed by atoms with Crippen LogP contribution in [0.25, 0.3) is 0 Å². The Bertz CT molecular complexity index is 726. The van der Waals surface area contributed by atoms with Crippen LogP contribution in [-0.2, 0) is 11.2 Å². The van der Waals surface area contributed by atoms with Crippen LogP contribution in [0.1, 0.15) is 37.3 Å². The molecule has 0 aliphatic carbocycles. The molecule has 0 bridgehead atoms. The van der Waals surface area contributed by atoms with Gasteiger partial charge in [0.25, 0.3) is 0 Å². The lowest BCUT2D eigenvalue weighted by atomic mass is 10.0. The highest BCUT2D eigenvalue weighted by atomic mass is 35.5. The van der Waals surface area contributed by atoms with E-state index in [-0.39, 0.29) is 5.91 Å². The molecule has 0 spiro atoms. The Balaban J connectivity index is 2.00. The van der Waals surface area contributed by atoms with Crippen molar-refractivity contribution in [3.63, 3.8) is 0 Å². The maximum Gasteiger partial charge on any atom is 0.224 e. The van der Waals surface area contributed by atoms with Crippen LogP contribution in [-0.4, -0.2) is 20.1 Å². The molecule has 25 heavy (non-hydrogen) atoms. The van der Waals surface area contributed by atoms with Crippen molar-refractivity contribution in [2.75, 3.05) is 19.5 Å². The number of hydrogen-bond acceptors (Lipinski definition) is 3. The summed E-state index contributed by atoms with van der Waals surface area (Å²) in [5.74, 6) is 1.41. The fraction of sp³-hybridized carbons (Fsp3) is 0.350. The second-order valence-corrected chi connectivity index (χ2v) is 6.54. The summed E-state index contributed by atoms with van der Waals surface area (Å²) in [6.45, 7) is 4.33. The van der Waals surface area contributed by atoms with Gasteiger partial charge in [0.15, 0.2) is 0 Å². The van der Waals surface area contributed by atoms with E-state index in [4.69, 9.17) is 21.1 Å². The molecule has 0 heterocycles. The molecule has 2 rings (SSSR count). The van der Waals surface area contributed by atoms with Crippen LogP contribution in [0.15, 0.2) is 36.4 Å². The van der Waals surface area contributed by atoms with Gasteiger partial charge in [-0.15, -0.1) is 0 Å². The van der Waals surface area contributed by atoms with Crippen molar-refractivity contribution in [3.8, 4) is 11.5 Å². The molecule has 2 aromatic carbocycles. The molecule has 0 aromatic heterocycles. The van der Waals surface area contributed by atoms with Crippen LogP contribution in [0, 0.1) is 0 Å². The maximum atomic E-state index is 12.3. The smallest absolute Gasteiger partial charge is 0.224 e. The van der Waals surface area contributed by atoms with E-state index < -0.39 is 0 Å². The third kappa shape index (κ3) is 5.13. The molecule has 0 saturated carbocycles. The van der Waals surface area contributed by atoms with Crippen LogP contribution in [0.4, 0.5) is 5.69 Å². The monoisotopic (exact) mass is 361 g/mol. The fourth-order valence-electron chi connectivity index (χ4n) is 2.50. The number of amides is 1. The maximum absolute atomic E-state index is 12.3. The van der Waals surface area contributed by atoms with Crippen molar-refractivity contribution in [1.29, 1.82) is 0 Å². The number of halogens is 1. The molecule has 2 aromatic rings. The molecule has 0 saturated heterocycles. The summed E-state index contributed by atoms with van der Waals surface area (Å²) in [7, 11) is 3.06. The van der Waals surface area contributed by atoms with Crippen molar-refractivity contribution in [2.45, 2.75) is 32.6 Å². The molecule has 0 fully saturated rings. The number of carbonyl (C=O) groups excluding carboxylic acids is 1. The van der Waals surface area contributed by atoms with Gasteiger partial charge in [-0.1, -0.05) is 49.7 Å². The quantitative estimate of drug-likeness (QED) is 0.750. The Morgan fingerprint density at radius 2 is 1.72 bits per heavy atom. The fourth-order valence-corrected chi connectivity index (χ4v) is 2.73. The van der Waals surface area contributed by atoms with E-state index in [0.717, 1.165) is 5.56 Å². The lowest BCUT2D eigenvalue weighted by molar-refractivity contribution is -0.116. The highest BCUT2D eigenvalue weighted by molar-refractivity contribution is 6.32. The van der Waals surface area contributed by atoms with E-state index in [2.05, 4.69) is 43.4 Å². The summed E-state index contributed by atoms with van der Waals surface area (Å²) in [6.07, 6.45) is 1.06. The zero-order chi connectivity index (χ0) is 18.4. The minimum atomic E-state index is -0.0874. The van der Waals surface area contributed by atoms with Crippen LogP contribution in [0.2, 0.25) is 5.02 Å². The number of carbonyl (C=O) groups is 1. The number of methoxy groups -OCH3 is 2. The molecule has 0 aliphatic rings. The molecular weight excluding hydrogens is 338 g/mol. The molecule has 0 aliphatic heterocycles. The molecule has 134 valence electrons. The topological polar surface area (TPSA) is 47.6 Å². The minimum absolute atomic E-state index is 0.0874. The van der Waals surface area contributed by atoms with E-state index in [0.29, 0.717) is 41.0 Å². The summed E-state index contributed by atoms with van der Waals surface area (Å²) in [6, 6.07) is 11.7. The molecule has 5 heteroatoms. The average molecular weight is 362 g/mol. The normalized spacial score (nSPS) is 10.6. The van der Waals surface area contributed by atoms with E-state index in [1.54, 1.807) is 12.1 Å². The second-order valence-electron chi connectivity index (χ2n) is 6.13. The Labute approximate surface area is 154 Å². The van der Waals surface area contributed by atoms with Crippen LogP contribution in [0.3, 0.4) is 0 Å². The number of aryl methyl sites for hydroxylation is 1. The van der Waals surface area contributed by atoms with Gasteiger partial charge in [0.1, 0.15) is 11.5 Å². The van der Waals surface area contributed by atoms with Crippen LogP contribution < -0.4 is 14.8 Å². The molecule has 1 amide bonds.